The van der Waals surface area contributed by atoms with E-state index in [0.717, 1.165) is 11.6 Å². The maximum Gasteiger partial charge on any atom is 0.275 e. The van der Waals surface area contributed by atoms with E-state index in [4.69, 9.17) is 0 Å². The molecule has 2 rings (SSSR count). The highest BCUT2D eigenvalue weighted by atomic mass is 19.2. The van der Waals surface area contributed by atoms with E-state index in [1.54, 1.807) is 5.32 Å². The Kier molecular flexibility index (Phi) is 5.82. The first-order valence-electron chi connectivity index (χ1n) is 7.60. The van der Waals surface area contributed by atoms with Gasteiger partial charge in [-0.3, -0.25) is 4.79 Å². The number of halogens is 2. The Hall–Kier alpha value is -2.27. The van der Waals surface area contributed by atoms with Gasteiger partial charge in [-0.25, -0.2) is 8.78 Å². The SMILES string of the molecule is C[C@@H](NC(=O)C[NH2+][C@H](C)c1ccc(F)c(F)c1)c1ccccc1. The molecule has 2 aromatic rings. The fourth-order valence-electron chi connectivity index (χ4n) is 2.34. The maximum absolute atomic E-state index is 13.2. The van der Waals surface area contributed by atoms with Gasteiger partial charge in [-0.2, -0.15) is 0 Å². The van der Waals surface area contributed by atoms with E-state index in [9.17, 15) is 13.6 Å². The van der Waals surface area contributed by atoms with E-state index in [2.05, 4.69) is 5.32 Å². The van der Waals surface area contributed by atoms with Gasteiger partial charge in [0.05, 0.1) is 6.04 Å². The van der Waals surface area contributed by atoms with Crippen molar-refractivity contribution >= 4 is 5.91 Å². The van der Waals surface area contributed by atoms with Crippen molar-refractivity contribution in [3.8, 4) is 0 Å². The molecule has 0 aliphatic rings. The van der Waals surface area contributed by atoms with E-state index in [-0.39, 0.29) is 24.5 Å². The summed E-state index contributed by atoms with van der Waals surface area (Å²) in [5, 5.41) is 4.71. The molecule has 0 aliphatic carbocycles. The number of quaternary nitrogens is 1. The van der Waals surface area contributed by atoms with E-state index in [1.807, 2.05) is 44.2 Å². The number of benzene rings is 2. The molecule has 1 amide bonds. The summed E-state index contributed by atoms with van der Waals surface area (Å²) in [7, 11) is 0. The molecule has 0 spiro atoms. The predicted molar refractivity (Wildman–Crippen MR) is 84.6 cm³/mol. The summed E-state index contributed by atoms with van der Waals surface area (Å²) in [5.41, 5.74) is 1.68. The molecule has 0 heterocycles. The lowest BCUT2D eigenvalue weighted by Crippen LogP contribution is -2.87. The molecule has 0 radical (unpaired) electrons. The number of amides is 1. The molecule has 0 aliphatic heterocycles. The molecular weight excluding hydrogens is 298 g/mol. The second-order valence-corrected chi connectivity index (χ2v) is 5.60. The second kappa shape index (κ2) is 7.83. The van der Waals surface area contributed by atoms with Crippen LogP contribution in [0, 0.1) is 11.6 Å². The highest BCUT2D eigenvalue weighted by Gasteiger charge is 2.15. The molecule has 3 N–H and O–H groups in total. The highest BCUT2D eigenvalue weighted by molar-refractivity contribution is 5.77. The average molecular weight is 319 g/mol. The molecule has 23 heavy (non-hydrogen) atoms. The van der Waals surface area contributed by atoms with Crippen LogP contribution >= 0.6 is 0 Å². The van der Waals surface area contributed by atoms with Crippen molar-refractivity contribution in [1.29, 1.82) is 0 Å². The van der Waals surface area contributed by atoms with Crippen LogP contribution in [0.5, 0.6) is 0 Å². The van der Waals surface area contributed by atoms with E-state index in [0.29, 0.717) is 5.56 Å². The minimum absolute atomic E-state index is 0.0735. The number of rotatable bonds is 6. The highest BCUT2D eigenvalue weighted by Crippen LogP contribution is 2.13. The van der Waals surface area contributed by atoms with Crippen LogP contribution in [0.25, 0.3) is 0 Å². The predicted octanol–water partition coefficient (Wildman–Crippen LogP) is 2.47. The molecule has 0 saturated carbocycles. The van der Waals surface area contributed by atoms with Gasteiger partial charge in [0.1, 0.15) is 6.04 Å². The lowest BCUT2D eigenvalue weighted by molar-refractivity contribution is -0.682. The van der Waals surface area contributed by atoms with Gasteiger partial charge in [-0.1, -0.05) is 30.3 Å². The molecule has 0 aromatic heterocycles. The van der Waals surface area contributed by atoms with Crippen LogP contribution in [-0.4, -0.2) is 12.5 Å². The summed E-state index contributed by atoms with van der Waals surface area (Å²) in [6, 6.07) is 13.3. The zero-order chi connectivity index (χ0) is 16.8. The normalized spacial score (nSPS) is 13.4. The lowest BCUT2D eigenvalue weighted by Gasteiger charge is -2.15. The molecule has 0 saturated heterocycles. The largest absolute Gasteiger partial charge is 0.345 e. The third-order valence-electron chi connectivity index (χ3n) is 3.80. The van der Waals surface area contributed by atoms with Crippen molar-refractivity contribution in [2.24, 2.45) is 0 Å². The Bertz CT molecular complexity index is 661. The van der Waals surface area contributed by atoms with Crippen LogP contribution in [0.4, 0.5) is 8.78 Å². The third kappa shape index (κ3) is 4.86. The van der Waals surface area contributed by atoms with Crippen LogP contribution in [0.15, 0.2) is 48.5 Å². The standard InChI is InChI=1S/C18H20F2N2O/c1-12(15-8-9-16(19)17(20)10-15)21-11-18(23)22-13(2)14-6-4-3-5-7-14/h3-10,12-13,21H,11H2,1-2H3,(H,22,23)/p+1/t12-,13-/m1/s1. The summed E-state index contributed by atoms with van der Waals surface area (Å²) < 4.78 is 26.2. The molecule has 3 nitrogen and oxygen atoms in total. The molecule has 2 aromatic carbocycles. The van der Waals surface area contributed by atoms with Crippen LogP contribution < -0.4 is 10.6 Å². The van der Waals surface area contributed by atoms with Gasteiger partial charge in [0.25, 0.3) is 5.91 Å². The van der Waals surface area contributed by atoms with E-state index < -0.39 is 11.6 Å². The minimum Gasteiger partial charge on any atom is -0.345 e. The van der Waals surface area contributed by atoms with Gasteiger partial charge in [-0.15, -0.1) is 0 Å². The fraction of sp³-hybridized carbons (Fsp3) is 0.278. The molecule has 0 fully saturated rings. The van der Waals surface area contributed by atoms with E-state index >= 15 is 0 Å². The van der Waals surface area contributed by atoms with Gasteiger partial charge in [-0.05, 0) is 37.6 Å². The summed E-state index contributed by atoms with van der Waals surface area (Å²) in [4.78, 5) is 12.0. The molecule has 0 unspecified atom stereocenters. The average Bonchev–Trinajstić information content (AvgIpc) is 2.56. The first kappa shape index (κ1) is 17.1. The number of carbonyl (C=O) groups excluding carboxylic acids is 1. The monoisotopic (exact) mass is 319 g/mol. The number of hydrogen-bond donors (Lipinski definition) is 2. The van der Waals surface area contributed by atoms with Gasteiger partial charge in [0.15, 0.2) is 18.2 Å². The van der Waals surface area contributed by atoms with Gasteiger partial charge >= 0.3 is 0 Å². The summed E-state index contributed by atoms with van der Waals surface area (Å²) >= 11 is 0. The first-order valence-corrected chi connectivity index (χ1v) is 7.60. The number of nitrogens with two attached hydrogens (primary N) is 1. The summed E-state index contributed by atoms with van der Waals surface area (Å²) in [5.74, 6) is -1.84. The minimum atomic E-state index is -0.870. The molecule has 122 valence electrons. The fourth-order valence-corrected chi connectivity index (χ4v) is 2.34. The van der Waals surface area contributed by atoms with E-state index in [1.165, 1.54) is 12.1 Å². The number of carbonyl (C=O) groups is 1. The van der Waals surface area contributed by atoms with Crippen LogP contribution in [0.3, 0.4) is 0 Å². The van der Waals surface area contributed by atoms with Crippen molar-refractivity contribution in [1.82, 2.24) is 5.32 Å². The zero-order valence-electron chi connectivity index (χ0n) is 13.2. The van der Waals surface area contributed by atoms with Crippen LogP contribution in [0.2, 0.25) is 0 Å². The Morgan fingerprint density at radius 1 is 1.04 bits per heavy atom. The molecule has 5 heteroatoms. The Morgan fingerprint density at radius 2 is 1.74 bits per heavy atom. The van der Waals surface area contributed by atoms with Crippen molar-refractivity contribution < 1.29 is 18.9 Å². The smallest absolute Gasteiger partial charge is 0.275 e. The quantitative estimate of drug-likeness (QED) is 0.844. The topological polar surface area (TPSA) is 45.7 Å². The Morgan fingerprint density at radius 3 is 2.39 bits per heavy atom. The van der Waals surface area contributed by atoms with Crippen molar-refractivity contribution in [3.05, 3.63) is 71.3 Å². The van der Waals surface area contributed by atoms with Gasteiger partial charge < -0.3 is 10.6 Å². The van der Waals surface area contributed by atoms with Crippen molar-refractivity contribution in [2.75, 3.05) is 6.54 Å². The van der Waals surface area contributed by atoms with Gasteiger partial charge in [0, 0.05) is 5.56 Å². The van der Waals surface area contributed by atoms with Crippen LogP contribution in [0.1, 0.15) is 37.1 Å². The Balaban J connectivity index is 1.85. The summed E-state index contributed by atoms with van der Waals surface area (Å²) in [6.45, 7) is 3.99. The van der Waals surface area contributed by atoms with Gasteiger partial charge in [0.2, 0.25) is 0 Å². The summed E-state index contributed by atoms with van der Waals surface area (Å²) in [6.07, 6.45) is 0. The maximum atomic E-state index is 13.2. The lowest BCUT2D eigenvalue weighted by atomic mass is 10.1. The number of nitrogens with one attached hydrogen (secondary N) is 1. The zero-order valence-corrected chi connectivity index (χ0v) is 13.2. The number of hydrogen-bond acceptors (Lipinski definition) is 1. The third-order valence-corrected chi connectivity index (χ3v) is 3.80. The van der Waals surface area contributed by atoms with Crippen molar-refractivity contribution in [3.63, 3.8) is 0 Å². The molecular formula is C18H21F2N2O+. The van der Waals surface area contributed by atoms with Crippen LogP contribution in [-0.2, 0) is 4.79 Å². The molecule has 0 bridgehead atoms. The van der Waals surface area contributed by atoms with Crippen molar-refractivity contribution in [2.45, 2.75) is 25.9 Å². The molecule has 2 atom stereocenters. The second-order valence-electron chi connectivity index (χ2n) is 5.60. The first-order chi connectivity index (χ1) is 11.0. The Labute approximate surface area is 134 Å².